The van der Waals surface area contributed by atoms with Gasteiger partial charge in [-0.2, -0.15) is 0 Å². The van der Waals surface area contributed by atoms with E-state index in [1.165, 1.54) is 11.1 Å². The van der Waals surface area contributed by atoms with Gasteiger partial charge in [0.1, 0.15) is 5.75 Å². The van der Waals surface area contributed by atoms with Crippen LogP contribution in [0.4, 0.5) is 0 Å². The number of rotatable bonds is 6. The molecule has 21 heavy (non-hydrogen) atoms. The smallest absolute Gasteiger partial charge is 0.125 e. The maximum Gasteiger partial charge on any atom is 0.125 e. The Morgan fingerprint density at radius 3 is 2.48 bits per heavy atom. The molecule has 0 spiro atoms. The summed E-state index contributed by atoms with van der Waals surface area (Å²) in [5.41, 5.74) is 3.70. The predicted octanol–water partition coefficient (Wildman–Crippen LogP) is 4.86. The Kier molecular flexibility index (Phi) is 5.83. The molecule has 2 nitrogen and oxygen atoms in total. The number of nitrogens with one attached hydrogen (secondary N) is 1. The number of aryl methyl sites for hydroxylation is 1. The van der Waals surface area contributed by atoms with Crippen molar-refractivity contribution in [3.63, 3.8) is 0 Å². The van der Waals surface area contributed by atoms with Crippen LogP contribution in [0.25, 0.3) is 0 Å². The summed E-state index contributed by atoms with van der Waals surface area (Å²) in [5, 5.41) is 3.62. The van der Waals surface area contributed by atoms with Gasteiger partial charge in [0.25, 0.3) is 0 Å². The molecule has 0 aliphatic heterocycles. The first-order chi connectivity index (χ1) is 10.2. The largest absolute Gasteiger partial charge is 0.496 e. The molecule has 112 valence electrons. The lowest BCUT2D eigenvalue weighted by Crippen LogP contribution is -2.23. The molecule has 0 heterocycles. The van der Waals surface area contributed by atoms with Gasteiger partial charge in [0, 0.05) is 10.0 Å². The van der Waals surface area contributed by atoms with Crippen LogP contribution in [-0.2, 0) is 0 Å². The van der Waals surface area contributed by atoms with Gasteiger partial charge < -0.3 is 10.1 Å². The Labute approximate surface area is 135 Å². The molecule has 2 rings (SSSR count). The quantitative estimate of drug-likeness (QED) is 0.805. The summed E-state index contributed by atoms with van der Waals surface area (Å²) < 4.78 is 6.59. The molecule has 3 heteroatoms. The molecule has 0 saturated heterocycles. The normalized spacial score (nSPS) is 12.2. The van der Waals surface area contributed by atoms with Crippen molar-refractivity contribution in [2.45, 2.75) is 26.3 Å². The number of ether oxygens (including phenoxy) is 1. The molecule has 0 fully saturated rings. The average molecular weight is 348 g/mol. The van der Waals surface area contributed by atoms with Crippen LogP contribution < -0.4 is 10.1 Å². The van der Waals surface area contributed by atoms with Gasteiger partial charge in [0.15, 0.2) is 0 Å². The highest BCUT2D eigenvalue weighted by Crippen LogP contribution is 2.32. The van der Waals surface area contributed by atoms with Crippen molar-refractivity contribution in [2.75, 3.05) is 13.7 Å². The molecule has 0 saturated carbocycles. The van der Waals surface area contributed by atoms with E-state index in [0.29, 0.717) is 0 Å². The fourth-order valence-electron chi connectivity index (χ4n) is 2.38. The minimum Gasteiger partial charge on any atom is -0.496 e. The highest BCUT2D eigenvalue weighted by molar-refractivity contribution is 9.10. The molecular formula is C18H22BrNO. The molecule has 0 aliphatic rings. The van der Waals surface area contributed by atoms with E-state index in [4.69, 9.17) is 4.74 Å². The molecular weight excluding hydrogens is 326 g/mol. The molecule has 0 amide bonds. The molecule has 1 unspecified atom stereocenters. The Balaban J connectivity index is 2.42. The van der Waals surface area contributed by atoms with Gasteiger partial charge in [0.2, 0.25) is 0 Å². The number of hydrogen-bond donors (Lipinski definition) is 1. The van der Waals surface area contributed by atoms with Crippen LogP contribution in [0.2, 0.25) is 0 Å². The summed E-state index contributed by atoms with van der Waals surface area (Å²) in [4.78, 5) is 0. The first kappa shape index (κ1) is 16.1. The van der Waals surface area contributed by atoms with Gasteiger partial charge in [-0.05, 0) is 37.6 Å². The summed E-state index contributed by atoms with van der Waals surface area (Å²) in [6.45, 7) is 5.26. The summed E-state index contributed by atoms with van der Waals surface area (Å²) in [6.07, 6.45) is 1.10. The fourth-order valence-corrected chi connectivity index (χ4v) is 2.72. The summed E-state index contributed by atoms with van der Waals surface area (Å²) in [7, 11) is 1.72. The molecule has 0 radical (unpaired) electrons. The van der Waals surface area contributed by atoms with Crippen LogP contribution in [0.1, 0.15) is 36.1 Å². The average Bonchev–Trinajstić information content (AvgIpc) is 2.50. The Bertz CT molecular complexity index is 580. The Morgan fingerprint density at radius 1 is 1.14 bits per heavy atom. The standard InChI is InChI=1S/C18H22BrNO/c1-4-11-20-18(14-7-5-13(2)6-8-14)16-10-9-15(19)12-17(16)21-3/h5-10,12,18,20H,4,11H2,1-3H3. The predicted molar refractivity (Wildman–Crippen MR) is 92.0 cm³/mol. The van der Waals surface area contributed by atoms with Gasteiger partial charge in [-0.25, -0.2) is 0 Å². The van der Waals surface area contributed by atoms with Crippen LogP contribution in [0.5, 0.6) is 5.75 Å². The fraction of sp³-hybridized carbons (Fsp3) is 0.333. The van der Waals surface area contributed by atoms with E-state index in [2.05, 4.69) is 71.5 Å². The van der Waals surface area contributed by atoms with Crippen molar-refractivity contribution in [1.82, 2.24) is 5.32 Å². The van der Waals surface area contributed by atoms with E-state index in [-0.39, 0.29) is 6.04 Å². The number of methoxy groups -OCH3 is 1. The summed E-state index contributed by atoms with van der Waals surface area (Å²) in [5.74, 6) is 0.901. The van der Waals surface area contributed by atoms with Crippen molar-refractivity contribution in [1.29, 1.82) is 0 Å². The lowest BCUT2D eigenvalue weighted by Gasteiger charge is -2.22. The number of benzene rings is 2. The topological polar surface area (TPSA) is 21.3 Å². The van der Waals surface area contributed by atoms with E-state index in [1.54, 1.807) is 7.11 Å². The highest BCUT2D eigenvalue weighted by atomic mass is 79.9. The van der Waals surface area contributed by atoms with Crippen LogP contribution >= 0.6 is 15.9 Å². The molecule has 2 aromatic rings. The van der Waals surface area contributed by atoms with Crippen molar-refractivity contribution in [3.05, 3.63) is 63.6 Å². The molecule has 0 bridgehead atoms. The van der Waals surface area contributed by atoms with Gasteiger partial charge >= 0.3 is 0 Å². The minimum absolute atomic E-state index is 0.147. The highest BCUT2D eigenvalue weighted by Gasteiger charge is 2.17. The van der Waals surface area contributed by atoms with Gasteiger partial charge in [-0.15, -0.1) is 0 Å². The van der Waals surface area contributed by atoms with Crippen LogP contribution in [0.3, 0.4) is 0 Å². The first-order valence-electron chi connectivity index (χ1n) is 7.29. The molecule has 0 aliphatic carbocycles. The monoisotopic (exact) mass is 347 g/mol. The van der Waals surface area contributed by atoms with E-state index < -0.39 is 0 Å². The maximum atomic E-state index is 5.56. The van der Waals surface area contributed by atoms with Crippen molar-refractivity contribution < 1.29 is 4.74 Å². The van der Waals surface area contributed by atoms with Crippen molar-refractivity contribution in [3.8, 4) is 5.75 Å². The Hall–Kier alpha value is -1.32. The second-order valence-electron chi connectivity index (χ2n) is 5.18. The number of hydrogen-bond acceptors (Lipinski definition) is 2. The minimum atomic E-state index is 0.147. The molecule has 1 atom stereocenters. The zero-order valence-corrected chi connectivity index (χ0v) is 14.4. The third-order valence-electron chi connectivity index (χ3n) is 3.52. The van der Waals surface area contributed by atoms with E-state index in [0.717, 1.165) is 28.8 Å². The second kappa shape index (κ2) is 7.62. The van der Waals surface area contributed by atoms with Crippen LogP contribution in [0, 0.1) is 6.92 Å². The Morgan fingerprint density at radius 2 is 1.86 bits per heavy atom. The second-order valence-corrected chi connectivity index (χ2v) is 6.10. The molecule has 1 N–H and O–H groups in total. The number of halogens is 1. The van der Waals surface area contributed by atoms with Gasteiger partial charge in [-0.3, -0.25) is 0 Å². The van der Waals surface area contributed by atoms with Crippen LogP contribution in [-0.4, -0.2) is 13.7 Å². The summed E-state index contributed by atoms with van der Waals surface area (Å²) >= 11 is 3.50. The molecule has 2 aromatic carbocycles. The van der Waals surface area contributed by atoms with Crippen molar-refractivity contribution in [2.24, 2.45) is 0 Å². The lowest BCUT2D eigenvalue weighted by atomic mass is 9.97. The van der Waals surface area contributed by atoms with Crippen molar-refractivity contribution >= 4 is 15.9 Å². The lowest BCUT2D eigenvalue weighted by molar-refractivity contribution is 0.403. The van der Waals surface area contributed by atoms with E-state index in [9.17, 15) is 0 Å². The summed E-state index contributed by atoms with van der Waals surface area (Å²) in [6, 6.07) is 15.0. The van der Waals surface area contributed by atoms with E-state index in [1.807, 2.05) is 6.07 Å². The first-order valence-corrected chi connectivity index (χ1v) is 8.08. The SMILES string of the molecule is CCCNC(c1ccc(C)cc1)c1ccc(Br)cc1OC. The zero-order chi connectivity index (χ0) is 15.2. The van der Waals surface area contributed by atoms with E-state index >= 15 is 0 Å². The third-order valence-corrected chi connectivity index (χ3v) is 4.01. The maximum absolute atomic E-state index is 5.56. The third kappa shape index (κ3) is 4.08. The molecule has 0 aromatic heterocycles. The van der Waals surface area contributed by atoms with Gasteiger partial charge in [-0.1, -0.05) is 58.7 Å². The van der Waals surface area contributed by atoms with Crippen LogP contribution in [0.15, 0.2) is 46.9 Å². The zero-order valence-electron chi connectivity index (χ0n) is 12.8. The van der Waals surface area contributed by atoms with Gasteiger partial charge in [0.05, 0.1) is 13.2 Å².